The Morgan fingerprint density at radius 2 is 1.92 bits per heavy atom. The van der Waals surface area contributed by atoms with Crippen LogP contribution in [0.2, 0.25) is 0 Å². The molecule has 1 unspecified atom stereocenters. The maximum Gasteiger partial charge on any atom is 0.331 e. The summed E-state index contributed by atoms with van der Waals surface area (Å²) < 4.78 is 10.8. The number of hydrogen-bond donors (Lipinski definition) is 2. The molecule has 0 aliphatic rings. The van der Waals surface area contributed by atoms with Gasteiger partial charge in [-0.25, -0.2) is 4.79 Å². The second kappa shape index (κ2) is 6.22. The molecular formula is C19H19NO5. The Hall–Kier alpha value is -2.86. The average molecular weight is 341 g/mol. The molecule has 130 valence electrons. The minimum Gasteiger partial charge on any atom is -0.479 e. The predicted octanol–water partition coefficient (Wildman–Crippen LogP) is 3.11. The van der Waals surface area contributed by atoms with Crippen molar-refractivity contribution in [1.82, 2.24) is 5.32 Å². The zero-order chi connectivity index (χ0) is 18.2. The van der Waals surface area contributed by atoms with Gasteiger partial charge >= 0.3 is 5.97 Å². The number of carboxylic acid groups (broad SMARTS) is 1. The van der Waals surface area contributed by atoms with E-state index in [9.17, 15) is 14.7 Å². The van der Waals surface area contributed by atoms with Gasteiger partial charge < -0.3 is 19.6 Å². The zero-order valence-electron chi connectivity index (χ0n) is 14.3. The fourth-order valence-electron chi connectivity index (χ4n) is 2.91. The lowest BCUT2D eigenvalue weighted by Crippen LogP contribution is -2.55. The molecule has 2 N–H and O–H groups in total. The van der Waals surface area contributed by atoms with E-state index in [1.807, 2.05) is 36.4 Å². The summed E-state index contributed by atoms with van der Waals surface area (Å²) in [5, 5.41) is 14.6. The number of carbonyl (C=O) groups excluding carboxylic acids is 1. The maximum atomic E-state index is 12.6. The van der Waals surface area contributed by atoms with Crippen molar-refractivity contribution in [3.8, 4) is 0 Å². The van der Waals surface area contributed by atoms with Crippen molar-refractivity contribution in [2.45, 2.75) is 19.4 Å². The number of methoxy groups -OCH3 is 1. The minimum atomic E-state index is -1.54. The van der Waals surface area contributed by atoms with E-state index in [0.717, 1.165) is 16.2 Å². The third-order valence-corrected chi connectivity index (χ3v) is 4.33. The molecule has 0 saturated heterocycles. The minimum absolute atomic E-state index is 0.106. The van der Waals surface area contributed by atoms with E-state index in [4.69, 9.17) is 9.15 Å². The molecule has 2 aromatic carbocycles. The summed E-state index contributed by atoms with van der Waals surface area (Å²) in [4.78, 5) is 24.1. The standard InChI is InChI=1S/C19H19NO5/c1-11-13-9-8-12-6-4-5-7-14(12)16(13)25-15(11)17(21)20-19(2,10-24-3)18(22)23/h4-9H,10H2,1-3H3,(H,20,21)(H,22,23). The van der Waals surface area contributed by atoms with Crippen molar-refractivity contribution in [3.63, 3.8) is 0 Å². The highest BCUT2D eigenvalue weighted by molar-refractivity contribution is 6.09. The first-order valence-corrected chi connectivity index (χ1v) is 7.83. The Balaban J connectivity index is 2.06. The van der Waals surface area contributed by atoms with Crippen molar-refractivity contribution in [3.05, 3.63) is 47.7 Å². The molecule has 3 rings (SSSR count). The van der Waals surface area contributed by atoms with Crippen LogP contribution in [0.3, 0.4) is 0 Å². The Labute approximate surface area is 144 Å². The number of carbonyl (C=O) groups is 2. The van der Waals surface area contributed by atoms with E-state index in [0.29, 0.717) is 11.1 Å². The molecule has 1 heterocycles. The summed E-state index contributed by atoms with van der Waals surface area (Å²) in [5.41, 5.74) is -0.257. The third-order valence-electron chi connectivity index (χ3n) is 4.33. The highest BCUT2D eigenvalue weighted by Gasteiger charge is 2.36. The number of carboxylic acids is 1. The fourth-order valence-corrected chi connectivity index (χ4v) is 2.91. The topological polar surface area (TPSA) is 88.8 Å². The monoisotopic (exact) mass is 341 g/mol. The van der Waals surface area contributed by atoms with Gasteiger partial charge in [0.05, 0.1) is 6.61 Å². The van der Waals surface area contributed by atoms with Crippen LogP contribution in [0.1, 0.15) is 23.0 Å². The predicted molar refractivity (Wildman–Crippen MR) is 93.8 cm³/mol. The molecule has 6 heteroatoms. The normalized spacial score (nSPS) is 13.7. The highest BCUT2D eigenvalue weighted by Crippen LogP contribution is 2.31. The Morgan fingerprint density at radius 3 is 2.60 bits per heavy atom. The number of hydrogen-bond acceptors (Lipinski definition) is 4. The lowest BCUT2D eigenvalue weighted by molar-refractivity contribution is -0.145. The van der Waals surface area contributed by atoms with Crippen LogP contribution in [0.25, 0.3) is 21.7 Å². The molecule has 1 aromatic heterocycles. The fraction of sp³-hybridized carbons (Fsp3) is 0.263. The summed E-state index contributed by atoms with van der Waals surface area (Å²) in [6.07, 6.45) is 0. The van der Waals surface area contributed by atoms with Crippen LogP contribution in [-0.2, 0) is 9.53 Å². The number of rotatable bonds is 5. The number of amides is 1. The number of benzene rings is 2. The molecule has 6 nitrogen and oxygen atoms in total. The van der Waals surface area contributed by atoms with Crippen molar-refractivity contribution in [2.24, 2.45) is 0 Å². The van der Waals surface area contributed by atoms with Crippen LogP contribution in [0.4, 0.5) is 0 Å². The van der Waals surface area contributed by atoms with E-state index < -0.39 is 17.4 Å². The van der Waals surface area contributed by atoms with Crippen LogP contribution in [0.5, 0.6) is 0 Å². The van der Waals surface area contributed by atoms with Crippen molar-refractivity contribution in [2.75, 3.05) is 13.7 Å². The first-order chi connectivity index (χ1) is 11.9. The van der Waals surface area contributed by atoms with Crippen molar-refractivity contribution >= 4 is 33.6 Å². The third kappa shape index (κ3) is 2.85. The van der Waals surface area contributed by atoms with E-state index in [-0.39, 0.29) is 12.4 Å². The average Bonchev–Trinajstić information content (AvgIpc) is 2.92. The van der Waals surface area contributed by atoms with Gasteiger partial charge in [-0.05, 0) is 19.2 Å². The van der Waals surface area contributed by atoms with Crippen LogP contribution in [0.15, 0.2) is 40.8 Å². The lowest BCUT2D eigenvalue weighted by Gasteiger charge is -2.24. The van der Waals surface area contributed by atoms with Gasteiger partial charge in [-0.2, -0.15) is 0 Å². The van der Waals surface area contributed by atoms with Gasteiger partial charge in [0.25, 0.3) is 5.91 Å². The molecule has 25 heavy (non-hydrogen) atoms. The second-order valence-corrected chi connectivity index (χ2v) is 6.24. The number of fused-ring (bicyclic) bond motifs is 3. The number of aliphatic carboxylic acids is 1. The molecule has 0 fully saturated rings. The number of ether oxygens (including phenoxy) is 1. The maximum absolute atomic E-state index is 12.6. The summed E-state index contributed by atoms with van der Waals surface area (Å²) in [7, 11) is 1.38. The molecule has 0 radical (unpaired) electrons. The highest BCUT2D eigenvalue weighted by atomic mass is 16.5. The molecule has 0 bridgehead atoms. The van der Waals surface area contributed by atoms with Crippen LogP contribution >= 0.6 is 0 Å². The zero-order valence-corrected chi connectivity index (χ0v) is 14.3. The molecule has 1 amide bonds. The van der Waals surface area contributed by atoms with Crippen LogP contribution in [0, 0.1) is 6.92 Å². The molecule has 1 atom stereocenters. The summed E-state index contributed by atoms with van der Waals surface area (Å²) in [6, 6.07) is 11.6. The number of nitrogens with one attached hydrogen (secondary N) is 1. The van der Waals surface area contributed by atoms with E-state index >= 15 is 0 Å². The summed E-state index contributed by atoms with van der Waals surface area (Å²) in [6.45, 7) is 3.02. The van der Waals surface area contributed by atoms with Gasteiger partial charge in [0, 0.05) is 23.4 Å². The van der Waals surface area contributed by atoms with Gasteiger partial charge in [-0.3, -0.25) is 4.79 Å². The molecule has 3 aromatic rings. The van der Waals surface area contributed by atoms with E-state index in [2.05, 4.69) is 5.32 Å². The lowest BCUT2D eigenvalue weighted by atomic mass is 10.0. The van der Waals surface area contributed by atoms with E-state index in [1.165, 1.54) is 14.0 Å². The first kappa shape index (κ1) is 17.0. The Morgan fingerprint density at radius 1 is 1.20 bits per heavy atom. The van der Waals surface area contributed by atoms with Crippen LogP contribution < -0.4 is 5.32 Å². The quantitative estimate of drug-likeness (QED) is 0.744. The Kier molecular flexibility index (Phi) is 4.22. The van der Waals surface area contributed by atoms with E-state index in [1.54, 1.807) is 6.92 Å². The number of furan rings is 1. The van der Waals surface area contributed by atoms with Crippen molar-refractivity contribution < 1.29 is 23.8 Å². The smallest absolute Gasteiger partial charge is 0.331 e. The van der Waals surface area contributed by atoms with Gasteiger partial charge in [0.1, 0.15) is 5.58 Å². The molecule has 0 aliphatic heterocycles. The van der Waals surface area contributed by atoms with Crippen LogP contribution in [-0.4, -0.2) is 36.2 Å². The van der Waals surface area contributed by atoms with Crippen molar-refractivity contribution in [1.29, 1.82) is 0 Å². The first-order valence-electron chi connectivity index (χ1n) is 7.83. The number of aryl methyl sites for hydroxylation is 1. The molecule has 0 saturated carbocycles. The van der Waals surface area contributed by atoms with Gasteiger partial charge in [-0.1, -0.05) is 36.4 Å². The molecule has 0 spiro atoms. The molecular weight excluding hydrogens is 322 g/mol. The summed E-state index contributed by atoms with van der Waals surface area (Å²) in [5.74, 6) is -1.66. The molecule has 0 aliphatic carbocycles. The second-order valence-electron chi connectivity index (χ2n) is 6.24. The van der Waals surface area contributed by atoms with Gasteiger partial charge in [0.15, 0.2) is 11.3 Å². The largest absolute Gasteiger partial charge is 0.479 e. The summed E-state index contributed by atoms with van der Waals surface area (Å²) >= 11 is 0. The van der Waals surface area contributed by atoms with Gasteiger partial charge in [-0.15, -0.1) is 0 Å². The van der Waals surface area contributed by atoms with Gasteiger partial charge in [0.2, 0.25) is 0 Å². The Bertz CT molecular complexity index is 975. The SMILES string of the molecule is COCC(C)(NC(=O)c1oc2c(ccc3ccccc32)c1C)C(=O)O.